The number of hydrogen-bond donors (Lipinski definition) is 3. The minimum absolute atomic E-state index is 0.0520. The van der Waals surface area contributed by atoms with E-state index in [1.54, 1.807) is 4.90 Å². The lowest BCUT2D eigenvalue weighted by Crippen LogP contribution is -2.44. The number of carboxylic acids is 1. The van der Waals surface area contributed by atoms with Gasteiger partial charge in [-0.3, -0.25) is 0 Å². The van der Waals surface area contributed by atoms with Crippen LogP contribution in [0.3, 0.4) is 0 Å². The number of rotatable bonds is 3. The van der Waals surface area contributed by atoms with Crippen molar-refractivity contribution in [1.29, 1.82) is 0 Å². The van der Waals surface area contributed by atoms with Gasteiger partial charge in [-0.25, -0.2) is 14.6 Å². The van der Waals surface area contributed by atoms with Crippen LogP contribution in [-0.2, 0) is 0 Å². The summed E-state index contributed by atoms with van der Waals surface area (Å²) >= 11 is 0. The second-order valence-corrected chi connectivity index (χ2v) is 5.05. The Labute approximate surface area is 122 Å². The van der Waals surface area contributed by atoms with E-state index in [4.69, 9.17) is 5.11 Å². The SMILES string of the molecule is O=C(O)c1ccc(NC(=O)N2CCCCCC2CO)cn1. The second kappa shape index (κ2) is 7.03. The molecule has 2 rings (SSSR count). The molecule has 1 aromatic heterocycles. The lowest BCUT2D eigenvalue weighted by molar-refractivity contribution is 0.0690. The van der Waals surface area contributed by atoms with Gasteiger partial charge in [0.1, 0.15) is 5.69 Å². The van der Waals surface area contributed by atoms with E-state index in [2.05, 4.69) is 10.3 Å². The summed E-state index contributed by atoms with van der Waals surface area (Å²) in [6.45, 7) is 0.557. The molecule has 0 saturated carbocycles. The lowest BCUT2D eigenvalue weighted by atomic mass is 10.1. The van der Waals surface area contributed by atoms with Crippen molar-refractivity contribution in [3.63, 3.8) is 0 Å². The van der Waals surface area contributed by atoms with E-state index in [-0.39, 0.29) is 24.4 Å². The summed E-state index contributed by atoms with van der Waals surface area (Å²) in [6, 6.07) is 2.38. The maximum absolute atomic E-state index is 12.3. The van der Waals surface area contributed by atoms with Crippen LogP contribution in [0.1, 0.15) is 36.2 Å². The van der Waals surface area contributed by atoms with Crippen molar-refractivity contribution < 1.29 is 19.8 Å². The summed E-state index contributed by atoms with van der Waals surface area (Å²) in [4.78, 5) is 28.4. The van der Waals surface area contributed by atoms with Crippen LogP contribution in [-0.4, -0.2) is 51.3 Å². The van der Waals surface area contributed by atoms with Gasteiger partial charge in [0.05, 0.1) is 24.5 Å². The number of carbonyl (C=O) groups is 2. The third kappa shape index (κ3) is 3.91. The summed E-state index contributed by atoms with van der Waals surface area (Å²) in [6.07, 6.45) is 5.08. The Kier molecular flexibility index (Phi) is 5.10. The number of aliphatic hydroxyl groups is 1. The third-order valence-corrected chi connectivity index (χ3v) is 3.58. The highest BCUT2D eigenvalue weighted by Gasteiger charge is 2.24. The number of urea groups is 1. The number of pyridine rings is 1. The van der Waals surface area contributed by atoms with E-state index < -0.39 is 5.97 Å². The predicted molar refractivity (Wildman–Crippen MR) is 76.3 cm³/mol. The van der Waals surface area contributed by atoms with E-state index in [0.717, 1.165) is 25.7 Å². The smallest absolute Gasteiger partial charge is 0.354 e. The van der Waals surface area contributed by atoms with Gasteiger partial charge in [0.25, 0.3) is 0 Å². The fourth-order valence-corrected chi connectivity index (χ4v) is 2.42. The topological polar surface area (TPSA) is 103 Å². The van der Waals surface area contributed by atoms with Crippen LogP contribution in [0.5, 0.6) is 0 Å². The quantitative estimate of drug-likeness (QED) is 0.784. The highest BCUT2D eigenvalue weighted by molar-refractivity contribution is 5.90. The molecule has 1 saturated heterocycles. The summed E-state index contributed by atoms with van der Waals surface area (Å²) in [5.41, 5.74) is 0.363. The molecule has 3 N–H and O–H groups in total. The summed E-state index contributed by atoms with van der Waals surface area (Å²) in [5.74, 6) is -1.11. The molecular formula is C14H19N3O4. The van der Waals surface area contributed by atoms with Crippen molar-refractivity contribution in [2.24, 2.45) is 0 Å². The maximum Gasteiger partial charge on any atom is 0.354 e. The molecule has 0 aromatic carbocycles. The predicted octanol–water partition coefficient (Wildman–Crippen LogP) is 1.55. The van der Waals surface area contributed by atoms with Gasteiger partial charge in [-0.15, -0.1) is 0 Å². The first-order valence-corrected chi connectivity index (χ1v) is 6.99. The Hall–Kier alpha value is -2.15. The van der Waals surface area contributed by atoms with Crippen LogP contribution < -0.4 is 5.32 Å². The van der Waals surface area contributed by atoms with Crippen LogP contribution in [0.4, 0.5) is 10.5 Å². The molecule has 0 spiro atoms. The zero-order valence-corrected chi connectivity index (χ0v) is 11.7. The highest BCUT2D eigenvalue weighted by atomic mass is 16.4. The van der Waals surface area contributed by atoms with Gasteiger partial charge in [0.2, 0.25) is 0 Å². The number of nitrogens with one attached hydrogen (secondary N) is 1. The van der Waals surface area contributed by atoms with Crippen molar-refractivity contribution in [2.45, 2.75) is 31.7 Å². The standard InChI is InChI=1S/C14H19N3O4/c18-9-11-4-2-1-3-7-17(11)14(21)16-10-5-6-12(13(19)20)15-8-10/h5-6,8,11,18H,1-4,7,9H2,(H,16,21)(H,19,20). The van der Waals surface area contributed by atoms with Gasteiger partial charge in [-0.05, 0) is 25.0 Å². The molecule has 1 atom stereocenters. The Morgan fingerprint density at radius 2 is 2.14 bits per heavy atom. The Bertz CT molecular complexity index is 503. The number of anilines is 1. The molecule has 1 aliphatic rings. The molecular weight excluding hydrogens is 274 g/mol. The van der Waals surface area contributed by atoms with Gasteiger partial charge in [0, 0.05) is 6.54 Å². The summed E-state index contributed by atoms with van der Waals surface area (Å²) in [7, 11) is 0. The molecule has 1 fully saturated rings. The van der Waals surface area contributed by atoms with Crippen molar-refractivity contribution in [3.8, 4) is 0 Å². The molecule has 0 radical (unpaired) electrons. The van der Waals surface area contributed by atoms with E-state index in [1.165, 1.54) is 18.3 Å². The summed E-state index contributed by atoms with van der Waals surface area (Å²) in [5, 5.41) is 20.9. The van der Waals surface area contributed by atoms with Crippen molar-refractivity contribution in [2.75, 3.05) is 18.5 Å². The van der Waals surface area contributed by atoms with Crippen molar-refractivity contribution >= 4 is 17.7 Å². The zero-order valence-electron chi connectivity index (χ0n) is 11.7. The normalized spacial score (nSPS) is 18.9. The van der Waals surface area contributed by atoms with Gasteiger partial charge < -0.3 is 20.4 Å². The van der Waals surface area contributed by atoms with Gasteiger partial charge in [-0.2, -0.15) is 0 Å². The number of carboxylic acid groups (broad SMARTS) is 1. The fraction of sp³-hybridized carbons (Fsp3) is 0.500. The van der Waals surface area contributed by atoms with E-state index in [9.17, 15) is 14.7 Å². The monoisotopic (exact) mass is 293 g/mol. The number of aromatic carboxylic acids is 1. The lowest BCUT2D eigenvalue weighted by Gasteiger charge is -2.28. The molecule has 21 heavy (non-hydrogen) atoms. The largest absolute Gasteiger partial charge is 0.477 e. The van der Waals surface area contributed by atoms with Crippen molar-refractivity contribution in [1.82, 2.24) is 9.88 Å². The molecule has 1 aromatic rings. The summed E-state index contributed by atoms with van der Waals surface area (Å²) < 4.78 is 0. The van der Waals surface area contributed by atoms with Crippen molar-refractivity contribution in [3.05, 3.63) is 24.0 Å². The average Bonchev–Trinajstić information content (AvgIpc) is 2.72. The number of hydrogen-bond acceptors (Lipinski definition) is 4. The second-order valence-electron chi connectivity index (χ2n) is 5.05. The number of nitrogens with zero attached hydrogens (tertiary/aromatic N) is 2. The first-order valence-electron chi connectivity index (χ1n) is 6.99. The number of aliphatic hydroxyl groups excluding tert-OH is 1. The minimum Gasteiger partial charge on any atom is -0.477 e. The van der Waals surface area contributed by atoms with Crippen LogP contribution in [0, 0.1) is 0 Å². The van der Waals surface area contributed by atoms with Gasteiger partial charge in [0.15, 0.2) is 0 Å². The maximum atomic E-state index is 12.3. The minimum atomic E-state index is -1.11. The number of aromatic nitrogens is 1. The van der Waals surface area contributed by atoms with Crippen LogP contribution in [0.15, 0.2) is 18.3 Å². The molecule has 1 aliphatic heterocycles. The van der Waals surface area contributed by atoms with E-state index in [0.29, 0.717) is 12.2 Å². The van der Waals surface area contributed by atoms with Crippen LogP contribution in [0.2, 0.25) is 0 Å². The van der Waals surface area contributed by atoms with Gasteiger partial charge >= 0.3 is 12.0 Å². The number of carbonyl (C=O) groups excluding carboxylic acids is 1. The molecule has 7 heteroatoms. The molecule has 1 unspecified atom stereocenters. The zero-order chi connectivity index (χ0) is 15.2. The third-order valence-electron chi connectivity index (χ3n) is 3.58. The molecule has 0 bridgehead atoms. The molecule has 2 amide bonds. The van der Waals surface area contributed by atoms with E-state index >= 15 is 0 Å². The Balaban J connectivity index is 2.03. The van der Waals surface area contributed by atoms with Crippen LogP contribution in [0.25, 0.3) is 0 Å². The Morgan fingerprint density at radius 1 is 1.33 bits per heavy atom. The first-order chi connectivity index (χ1) is 10.1. The number of amides is 2. The molecule has 7 nitrogen and oxygen atoms in total. The molecule has 0 aliphatic carbocycles. The van der Waals surface area contributed by atoms with Crippen LogP contribution >= 0.6 is 0 Å². The van der Waals surface area contributed by atoms with E-state index in [1.807, 2.05) is 0 Å². The number of likely N-dealkylation sites (tertiary alicyclic amines) is 1. The molecule has 114 valence electrons. The van der Waals surface area contributed by atoms with Gasteiger partial charge in [-0.1, -0.05) is 12.8 Å². The molecule has 2 heterocycles. The first kappa shape index (κ1) is 15.2. The fourth-order valence-electron chi connectivity index (χ4n) is 2.42. The average molecular weight is 293 g/mol. The highest BCUT2D eigenvalue weighted by Crippen LogP contribution is 2.18. The Morgan fingerprint density at radius 3 is 2.76 bits per heavy atom.